The third kappa shape index (κ3) is 3.15. The third-order valence-electron chi connectivity index (χ3n) is 3.20. The number of hydrogen-bond donors (Lipinski definition) is 2. The van der Waals surface area contributed by atoms with E-state index in [9.17, 15) is 0 Å². The van der Waals surface area contributed by atoms with Crippen LogP contribution in [0.25, 0.3) is 10.9 Å². The molecule has 0 radical (unpaired) electrons. The number of pyridine rings is 1. The van der Waals surface area contributed by atoms with Gasteiger partial charge in [-0.1, -0.05) is 24.1 Å². The molecule has 0 amide bonds. The summed E-state index contributed by atoms with van der Waals surface area (Å²) in [6.45, 7) is 0.749. The predicted molar refractivity (Wildman–Crippen MR) is 88.3 cm³/mol. The maximum atomic E-state index is 7.08. The van der Waals surface area contributed by atoms with Crippen LogP contribution >= 0.6 is 0 Å². The molecule has 1 aromatic carbocycles. The lowest BCUT2D eigenvalue weighted by Gasteiger charge is -2.07. The van der Waals surface area contributed by atoms with Crippen LogP contribution < -0.4 is 5.32 Å². The van der Waals surface area contributed by atoms with Crippen LogP contribution in [0.4, 0.5) is 5.69 Å². The molecule has 0 saturated heterocycles. The van der Waals surface area contributed by atoms with Gasteiger partial charge in [0.25, 0.3) is 0 Å². The number of nitrogens with one attached hydrogen (secondary N) is 2. The van der Waals surface area contributed by atoms with Crippen molar-refractivity contribution in [2.45, 2.75) is 6.42 Å². The molecule has 4 heteroatoms. The minimum atomic E-state index is 0.519. The fourth-order valence-corrected chi connectivity index (χ4v) is 2.16. The van der Waals surface area contributed by atoms with Crippen molar-refractivity contribution < 1.29 is 4.42 Å². The number of anilines is 1. The van der Waals surface area contributed by atoms with Gasteiger partial charge in [0.1, 0.15) is 5.76 Å². The van der Waals surface area contributed by atoms with Crippen LogP contribution in [-0.4, -0.2) is 17.7 Å². The maximum Gasteiger partial charge on any atom is 0.177 e. The van der Waals surface area contributed by atoms with Gasteiger partial charge in [-0.2, -0.15) is 0 Å². The van der Waals surface area contributed by atoms with Gasteiger partial charge >= 0.3 is 0 Å². The molecule has 0 aliphatic heterocycles. The first-order chi connectivity index (χ1) is 10.9. The van der Waals surface area contributed by atoms with Crippen molar-refractivity contribution in [3.05, 3.63) is 60.2 Å². The number of rotatable bonds is 4. The highest BCUT2D eigenvalue weighted by molar-refractivity contribution is 5.90. The van der Waals surface area contributed by atoms with E-state index in [-0.39, 0.29) is 0 Å². The van der Waals surface area contributed by atoms with Gasteiger partial charge in [0.05, 0.1) is 11.7 Å². The normalized spacial score (nSPS) is 10.0. The fraction of sp³-hybridized carbons (Fsp3) is 0.111. The Labute approximate surface area is 128 Å². The van der Waals surface area contributed by atoms with E-state index in [1.807, 2.05) is 24.3 Å². The zero-order valence-corrected chi connectivity index (χ0v) is 12.0. The standard InChI is InChI=1S/C18H15N3O/c19-13-15-9-8-14(22-15)5-3-4-11-20-18-10-12-21-17-7-2-1-6-16(17)18/h1-2,6-10,12-13,19H,4,11H2,(H,20,21). The van der Waals surface area contributed by atoms with Crippen LogP contribution in [-0.2, 0) is 0 Å². The Morgan fingerprint density at radius 1 is 1.18 bits per heavy atom. The number of nitrogens with zero attached hydrogens (tertiary/aromatic N) is 1. The quantitative estimate of drug-likeness (QED) is 0.437. The first kappa shape index (κ1) is 13.9. The van der Waals surface area contributed by atoms with Gasteiger partial charge in [-0.3, -0.25) is 4.98 Å². The molecule has 0 aliphatic rings. The highest BCUT2D eigenvalue weighted by atomic mass is 16.3. The van der Waals surface area contributed by atoms with Crippen LogP contribution in [0.3, 0.4) is 0 Å². The molecule has 22 heavy (non-hydrogen) atoms. The van der Waals surface area contributed by atoms with Crippen LogP contribution in [0.5, 0.6) is 0 Å². The van der Waals surface area contributed by atoms with Gasteiger partial charge in [-0.05, 0) is 30.2 Å². The number of furan rings is 1. The summed E-state index contributed by atoms with van der Waals surface area (Å²) in [7, 11) is 0. The molecule has 2 N–H and O–H groups in total. The minimum absolute atomic E-state index is 0.519. The zero-order chi connectivity index (χ0) is 15.2. The Balaban J connectivity index is 1.60. The molecule has 0 atom stereocenters. The van der Waals surface area contributed by atoms with Crippen molar-refractivity contribution in [2.75, 3.05) is 11.9 Å². The largest absolute Gasteiger partial charge is 0.447 e. The molecule has 0 fully saturated rings. The molecule has 108 valence electrons. The van der Waals surface area contributed by atoms with Crippen LogP contribution in [0.15, 0.2) is 53.1 Å². The molecule has 0 aliphatic carbocycles. The van der Waals surface area contributed by atoms with Crippen molar-refractivity contribution in [3.8, 4) is 11.8 Å². The van der Waals surface area contributed by atoms with E-state index >= 15 is 0 Å². The lowest BCUT2D eigenvalue weighted by molar-refractivity contribution is 0.547. The third-order valence-corrected chi connectivity index (χ3v) is 3.20. The summed E-state index contributed by atoms with van der Waals surface area (Å²) < 4.78 is 5.31. The molecular weight excluding hydrogens is 274 g/mol. The van der Waals surface area contributed by atoms with Gasteiger partial charge in [-0.15, -0.1) is 0 Å². The van der Waals surface area contributed by atoms with E-state index in [1.54, 1.807) is 18.3 Å². The fourth-order valence-electron chi connectivity index (χ4n) is 2.16. The summed E-state index contributed by atoms with van der Waals surface area (Å²) in [5, 5.41) is 11.6. The molecule has 2 aromatic heterocycles. The monoisotopic (exact) mass is 289 g/mol. The number of hydrogen-bond acceptors (Lipinski definition) is 4. The SMILES string of the molecule is N=Cc1ccc(C#CCCNc2ccnc3ccccc23)o1. The summed E-state index contributed by atoms with van der Waals surface area (Å²) in [5.41, 5.74) is 2.05. The van der Waals surface area contributed by atoms with Gasteiger partial charge in [-0.25, -0.2) is 0 Å². The van der Waals surface area contributed by atoms with Crippen LogP contribution in [0, 0.1) is 17.3 Å². The Morgan fingerprint density at radius 2 is 2.09 bits per heavy atom. The smallest absolute Gasteiger partial charge is 0.177 e. The molecule has 3 aromatic rings. The molecule has 3 rings (SSSR count). The van der Waals surface area contributed by atoms with E-state index in [1.165, 1.54) is 6.21 Å². The first-order valence-electron chi connectivity index (χ1n) is 7.03. The Hall–Kier alpha value is -3.06. The average molecular weight is 289 g/mol. The van der Waals surface area contributed by atoms with Crippen molar-refractivity contribution >= 4 is 22.8 Å². The molecule has 2 heterocycles. The topological polar surface area (TPSA) is 61.9 Å². The predicted octanol–water partition coefficient (Wildman–Crippen LogP) is 3.68. The van der Waals surface area contributed by atoms with Crippen molar-refractivity contribution in [1.82, 2.24) is 4.98 Å². The summed E-state index contributed by atoms with van der Waals surface area (Å²) in [4.78, 5) is 4.34. The van der Waals surface area contributed by atoms with Crippen molar-refractivity contribution in [3.63, 3.8) is 0 Å². The molecular formula is C18H15N3O. The molecule has 0 bridgehead atoms. The van der Waals surface area contributed by atoms with Gasteiger partial charge in [0.2, 0.25) is 0 Å². The molecule has 0 unspecified atom stereocenters. The Morgan fingerprint density at radius 3 is 2.95 bits per heavy atom. The summed E-state index contributed by atoms with van der Waals surface area (Å²) in [6.07, 6.45) is 3.68. The molecule has 0 saturated carbocycles. The number of fused-ring (bicyclic) bond motifs is 1. The minimum Gasteiger partial charge on any atom is -0.447 e. The maximum absolute atomic E-state index is 7.08. The van der Waals surface area contributed by atoms with Gasteiger partial charge in [0.15, 0.2) is 5.76 Å². The van der Waals surface area contributed by atoms with Crippen LogP contribution in [0.1, 0.15) is 17.9 Å². The lowest BCUT2D eigenvalue weighted by Crippen LogP contribution is -2.01. The second kappa shape index (κ2) is 6.59. The number of aromatic nitrogens is 1. The van der Waals surface area contributed by atoms with E-state index in [4.69, 9.17) is 9.83 Å². The summed E-state index contributed by atoms with van der Waals surface area (Å²) in [5.74, 6) is 7.12. The average Bonchev–Trinajstić information content (AvgIpc) is 3.03. The van der Waals surface area contributed by atoms with E-state index in [0.29, 0.717) is 17.9 Å². The van der Waals surface area contributed by atoms with E-state index in [2.05, 4.69) is 28.2 Å². The van der Waals surface area contributed by atoms with E-state index in [0.717, 1.165) is 23.1 Å². The van der Waals surface area contributed by atoms with Crippen LogP contribution in [0.2, 0.25) is 0 Å². The summed E-state index contributed by atoms with van der Waals surface area (Å²) >= 11 is 0. The Kier molecular flexibility index (Phi) is 4.17. The zero-order valence-electron chi connectivity index (χ0n) is 12.0. The first-order valence-corrected chi connectivity index (χ1v) is 7.03. The van der Waals surface area contributed by atoms with Gasteiger partial charge < -0.3 is 15.1 Å². The highest BCUT2D eigenvalue weighted by Crippen LogP contribution is 2.20. The second-order valence-corrected chi connectivity index (χ2v) is 4.70. The lowest BCUT2D eigenvalue weighted by atomic mass is 10.2. The van der Waals surface area contributed by atoms with E-state index < -0.39 is 0 Å². The molecule has 0 spiro atoms. The van der Waals surface area contributed by atoms with Crippen molar-refractivity contribution in [2.24, 2.45) is 0 Å². The Bertz CT molecular complexity index is 850. The highest BCUT2D eigenvalue weighted by Gasteiger charge is 1.99. The molecule has 4 nitrogen and oxygen atoms in total. The number of para-hydroxylation sites is 1. The van der Waals surface area contributed by atoms with Crippen molar-refractivity contribution in [1.29, 1.82) is 5.41 Å². The second-order valence-electron chi connectivity index (χ2n) is 4.70. The number of benzene rings is 1. The summed E-state index contributed by atoms with van der Waals surface area (Å²) in [6, 6.07) is 13.5. The van der Waals surface area contributed by atoms with Gasteiger partial charge in [0, 0.05) is 30.2 Å².